The number of aliphatic carboxylic acids is 1. The fraction of sp³-hybridized carbons (Fsp3) is 0.143. The van der Waals surface area contributed by atoms with Crippen LogP contribution in [0.3, 0.4) is 0 Å². The maximum Gasteiger partial charge on any atom is 0.308 e. The predicted octanol–water partition coefficient (Wildman–Crippen LogP) is 1.38. The van der Waals surface area contributed by atoms with Crippen molar-refractivity contribution in [3.05, 3.63) is 32.5 Å². The lowest BCUT2D eigenvalue weighted by molar-refractivity contribution is -0.385. The minimum Gasteiger partial charge on any atom is -0.481 e. The number of hydrogen-bond donors (Lipinski definition) is 1. The van der Waals surface area contributed by atoms with E-state index in [1.807, 2.05) is 0 Å². The minimum absolute atomic E-state index is 0.129. The molecule has 0 amide bonds. The van der Waals surface area contributed by atoms with Crippen molar-refractivity contribution in [2.45, 2.75) is 6.42 Å². The lowest BCUT2D eigenvalue weighted by atomic mass is 10.2. The molecule has 1 aromatic heterocycles. The molecular weight excluding hydrogens is 256 g/mol. The van der Waals surface area contributed by atoms with E-state index in [4.69, 9.17) is 5.11 Å². The van der Waals surface area contributed by atoms with Gasteiger partial charge in [0.15, 0.2) is 0 Å². The standard InChI is InChI=1S/C7H5BrN2O4/c8-6-1-4(2-7(11)12)5(3-9-6)10(13)14/h1,3H,2H2,(H,11,12). The Morgan fingerprint density at radius 3 is 2.86 bits per heavy atom. The Morgan fingerprint density at radius 2 is 2.36 bits per heavy atom. The van der Waals surface area contributed by atoms with Crippen molar-refractivity contribution in [2.75, 3.05) is 0 Å². The van der Waals surface area contributed by atoms with Crippen LogP contribution in [0.15, 0.2) is 16.9 Å². The second kappa shape index (κ2) is 4.14. The molecule has 0 aliphatic rings. The van der Waals surface area contributed by atoms with Gasteiger partial charge in [0.05, 0.1) is 11.3 Å². The molecule has 1 N–H and O–H groups in total. The summed E-state index contributed by atoms with van der Waals surface area (Å²) in [5.41, 5.74) is -0.153. The van der Waals surface area contributed by atoms with Gasteiger partial charge in [-0.1, -0.05) is 0 Å². The first-order chi connectivity index (χ1) is 6.50. The van der Waals surface area contributed by atoms with E-state index in [-0.39, 0.29) is 11.3 Å². The Hall–Kier alpha value is -1.50. The van der Waals surface area contributed by atoms with Crippen molar-refractivity contribution in [3.63, 3.8) is 0 Å². The summed E-state index contributed by atoms with van der Waals surface area (Å²) in [6.07, 6.45) is 0.639. The van der Waals surface area contributed by atoms with Crippen LogP contribution in [0.1, 0.15) is 5.56 Å². The van der Waals surface area contributed by atoms with Gasteiger partial charge in [-0.3, -0.25) is 14.9 Å². The zero-order valence-corrected chi connectivity index (χ0v) is 8.39. The molecule has 1 aromatic rings. The molecule has 0 aliphatic carbocycles. The van der Waals surface area contributed by atoms with E-state index in [2.05, 4.69) is 20.9 Å². The van der Waals surface area contributed by atoms with Crippen LogP contribution < -0.4 is 0 Å². The van der Waals surface area contributed by atoms with E-state index in [0.717, 1.165) is 6.20 Å². The van der Waals surface area contributed by atoms with Crippen LogP contribution in [0.2, 0.25) is 0 Å². The molecule has 0 unspecified atom stereocenters. The first kappa shape index (κ1) is 10.6. The first-order valence-electron chi connectivity index (χ1n) is 3.51. The largest absolute Gasteiger partial charge is 0.481 e. The quantitative estimate of drug-likeness (QED) is 0.504. The molecular formula is C7H5BrN2O4. The molecule has 0 spiro atoms. The van der Waals surface area contributed by atoms with Crippen molar-refractivity contribution in [1.29, 1.82) is 0 Å². The highest BCUT2D eigenvalue weighted by Crippen LogP contribution is 2.20. The fourth-order valence-corrected chi connectivity index (χ4v) is 1.31. The lowest BCUT2D eigenvalue weighted by Crippen LogP contribution is -2.04. The second-order valence-electron chi connectivity index (χ2n) is 2.46. The number of halogens is 1. The summed E-state index contributed by atoms with van der Waals surface area (Å²) in [7, 11) is 0. The van der Waals surface area contributed by atoms with Crippen LogP contribution in [0.4, 0.5) is 5.69 Å². The summed E-state index contributed by atoms with van der Waals surface area (Å²) < 4.78 is 0.374. The third-order valence-corrected chi connectivity index (χ3v) is 1.90. The fourth-order valence-electron chi connectivity index (χ4n) is 0.930. The average Bonchev–Trinajstić information content (AvgIpc) is 2.01. The van der Waals surface area contributed by atoms with E-state index >= 15 is 0 Å². The SMILES string of the molecule is O=C(O)Cc1cc(Br)ncc1[N+](=O)[O-]. The maximum absolute atomic E-state index is 10.5. The lowest BCUT2D eigenvalue weighted by Gasteiger charge is -1.99. The molecule has 0 fully saturated rings. The van der Waals surface area contributed by atoms with Crippen molar-refractivity contribution in [2.24, 2.45) is 0 Å². The number of rotatable bonds is 3. The highest BCUT2D eigenvalue weighted by atomic mass is 79.9. The van der Waals surface area contributed by atoms with Gasteiger partial charge in [0, 0.05) is 5.56 Å². The Balaban J connectivity index is 3.15. The highest BCUT2D eigenvalue weighted by Gasteiger charge is 2.16. The van der Waals surface area contributed by atoms with Crippen molar-refractivity contribution in [1.82, 2.24) is 4.98 Å². The van der Waals surface area contributed by atoms with Gasteiger partial charge in [-0.05, 0) is 22.0 Å². The molecule has 74 valence electrons. The van der Waals surface area contributed by atoms with Crippen molar-refractivity contribution >= 4 is 27.6 Å². The molecule has 7 heteroatoms. The van der Waals surface area contributed by atoms with Crippen LogP contribution >= 0.6 is 15.9 Å². The number of pyridine rings is 1. The normalized spacial score (nSPS) is 9.79. The van der Waals surface area contributed by atoms with Crippen LogP contribution in [-0.2, 0) is 11.2 Å². The predicted molar refractivity (Wildman–Crippen MR) is 49.9 cm³/mol. The molecule has 1 rings (SSSR count). The third-order valence-electron chi connectivity index (χ3n) is 1.47. The number of carboxylic acid groups (broad SMARTS) is 1. The van der Waals surface area contributed by atoms with Crippen molar-refractivity contribution < 1.29 is 14.8 Å². The van der Waals surface area contributed by atoms with Gasteiger partial charge in [-0.25, -0.2) is 4.98 Å². The second-order valence-corrected chi connectivity index (χ2v) is 3.28. The van der Waals surface area contributed by atoms with Gasteiger partial charge in [0.1, 0.15) is 10.8 Å². The zero-order valence-electron chi connectivity index (χ0n) is 6.81. The molecule has 6 nitrogen and oxygen atoms in total. The smallest absolute Gasteiger partial charge is 0.308 e. The summed E-state index contributed by atoms with van der Waals surface area (Å²) in [4.78, 5) is 23.9. The maximum atomic E-state index is 10.5. The molecule has 14 heavy (non-hydrogen) atoms. The first-order valence-corrected chi connectivity index (χ1v) is 4.30. The average molecular weight is 261 g/mol. The summed E-state index contributed by atoms with van der Waals surface area (Å²) in [5.74, 6) is -1.12. The number of nitro groups is 1. The molecule has 0 radical (unpaired) electrons. The molecule has 0 aliphatic heterocycles. The summed E-state index contributed by atoms with van der Waals surface area (Å²) >= 11 is 3.01. The Bertz CT molecular complexity index is 393. The Labute approximate surface area is 86.9 Å². The van der Waals surface area contributed by atoms with Gasteiger partial charge in [-0.15, -0.1) is 0 Å². The zero-order chi connectivity index (χ0) is 10.7. The van der Waals surface area contributed by atoms with Gasteiger partial charge in [0.25, 0.3) is 5.69 Å². The van der Waals surface area contributed by atoms with Crippen molar-refractivity contribution in [3.8, 4) is 0 Å². The van der Waals surface area contributed by atoms with Crippen LogP contribution in [0.5, 0.6) is 0 Å². The Morgan fingerprint density at radius 1 is 1.71 bits per heavy atom. The summed E-state index contributed by atoms with van der Waals surface area (Å²) in [6.45, 7) is 0. The topological polar surface area (TPSA) is 93.3 Å². The molecule has 1 heterocycles. The number of carbonyl (C=O) groups is 1. The number of aromatic nitrogens is 1. The number of hydrogen-bond acceptors (Lipinski definition) is 4. The van der Waals surface area contributed by atoms with E-state index in [1.54, 1.807) is 0 Å². The third kappa shape index (κ3) is 2.49. The van der Waals surface area contributed by atoms with E-state index in [0.29, 0.717) is 4.60 Å². The van der Waals surface area contributed by atoms with Gasteiger partial charge in [0.2, 0.25) is 0 Å². The van der Waals surface area contributed by atoms with Gasteiger partial charge >= 0.3 is 5.97 Å². The molecule has 0 atom stereocenters. The monoisotopic (exact) mass is 260 g/mol. The number of carboxylic acids is 1. The molecule has 0 saturated carbocycles. The molecule has 0 aromatic carbocycles. The van der Waals surface area contributed by atoms with Crippen LogP contribution in [-0.4, -0.2) is 21.0 Å². The summed E-state index contributed by atoms with van der Waals surface area (Å²) in [6, 6.07) is 1.33. The van der Waals surface area contributed by atoms with Crippen LogP contribution in [0, 0.1) is 10.1 Å². The van der Waals surface area contributed by atoms with Gasteiger partial charge < -0.3 is 5.11 Å². The molecule has 0 bridgehead atoms. The highest BCUT2D eigenvalue weighted by molar-refractivity contribution is 9.10. The van der Waals surface area contributed by atoms with E-state index < -0.39 is 17.3 Å². The summed E-state index contributed by atoms with van der Waals surface area (Å²) in [5, 5.41) is 19.0. The van der Waals surface area contributed by atoms with Crippen LogP contribution in [0.25, 0.3) is 0 Å². The Kier molecular flexibility index (Phi) is 3.13. The number of nitrogens with zero attached hydrogens (tertiary/aromatic N) is 2. The van der Waals surface area contributed by atoms with E-state index in [9.17, 15) is 14.9 Å². The van der Waals surface area contributed by atoms with Gasteiger partial charge in [-0.2, -0.15) is 0 Å². The molecule has 0 saturated heterocycles. The van der Waals surface area contributed by atoms with E-state index in [1.165, 1.54) is 6.07 Å². The minimum atomic E-state index is -1.12.